The van der Waals surface area contributed by atoms with Crippen LogP contribution in [0.15, 0.2) is 6.33 Å². The molecule has 6 nitrogen and oxygen atoms in total. The fourth-order valence-corrected chi connectivity index (χ4v) is 3.79. The van der Waals surface area contributed by atoms with Gasteiger partial charge in [0.05, 0.1) is 18.3 Å². The first-order chi connectivity index (χ1) is 11.7. The summed E-state index contributed by atoms with van der Waals surface area (Å²) in [7, 11) is 2.09. The number of likely N-dealkylation sites (N-methyl/N-ethyl adjacent to an activating group) is 1. The first kappa shape index (κ1) is 15.8. The second-order valence-electron chi connectivity index (χ2n) is 7.28. The Morgan fingerprint density at radius 3 is 2.96 bits per heavy atom. The summed E-state index contributed by atoms with van der Waals surface area (Å²) in [5, 5.41) is 0. The van der Waals surface area contributed by atoms with E-state index >= 15 is 0 Å². The molecule has 1 aromatic rings. The molecule has 6 heteroatoms. The van der Waals surface area contributed by atoms with Crippen molar-refractivity contribution in [1.29, 1.82) is 0 Å². The third-order valence-electron chi connectivity index (χ3n) is 5.34. The topological polar surface area (TPSA) is 58.6 Å². The molecule has 0 N–H and O–H groups in total. The average Bonchev–Trinajstić information content (AvgIpc) is 3.46. The number of anilines is 1. The van der Waals surface area contributed by atoms with Crippen molar-refractivity contribution in [2.45, 2.75) is 51.2 Å². The Hall–Kier alpha value is -1.69. The van der Waals surface area contributed by atoms with Crippen LogP contribution in [0.25, 0.3) is 0 Å². The van der Waals surface area contributed by atoms with Crippen molar-refractivity contribution in [3.63, 3.8) is 0 Å². The van der Waals surface area contributed by atoms with Crippen LogP contribution in [0.2, 0.25) is 0 Å². The summed E-state index contributed by atoms with van der Waals surface area (Å²) in [6.45, 7) is 3.16. The fourth-order valence-electron chi connectivity index (χ4n) is 3.79. The lowest BCUT2D eigenvalue weighted by Crippen LogP contribution is -2.39. The number of nitrogens with zero attached hydrogens (tertiary/aromatic N) is 4. The number of hydrogen-bond donors (Lipinski definition) is 0. The van der Waals surface area contributed by atoms with Crippen molar-refractivity contribution < 1.29 is 9.53 Å². The highest BCUT2D eigenvalue weighted by Gasteiger charge is 2.35. The molecule has 2 aliphatic heterocycles. The molecular formula is C18H26N4O2. The Bertz CT molecular complexity index is 611. The second-order valence-corrected chi connectivity index (χ2v) is 7.28. The SMILES string of the molecule is CN(C[C@H]1CCCCO1)c1ncnc2c1CCN(C(=O)C1CC1)C2. The number of carbonyl (C=O) groups is 1. The van der Waals surface area contributed by atoms with Crippen LogP contribution < -0.4 is 4.90 Å². The number of rotatable bonds is 4. The number of carbonyl (C=O) groups excluding carboxylic acids is 1. The van der Waals surface area contributed by atoms with Crippen molar-refractivity contribution >= 4 is 11.7 Å². The lowest BCUT2D eigenvalue weighted by molar-refractivity contribution is -0.133. The molecule has 3 heterocycles. The summed E-state index contributed by atoms with van der Waals surface area (Å²) in [6.07, 6.45) is 8.44. The van der Waals surface area contributed by atoms with Gasteiger partial charge in [0.1, 0.15) is 12.1 Å². The smallest absolute Gasteiger partial charge is 0.226 e. The summed E-state index contributed by atoms with van der Waals surface area (Å²) in [4.78, 5) is 25.5. The fraction of sp³-hybridized carbons (Fsp3) is 0.722. The highest BCUT2D eigenvalue weighted by molar-refractivity contribution is 5.81. The maximum atomic E-state index is 12.3. The highest BCUT2D eigenvalue weighted by Crippen LogP contribution is 2.33. The van der Waals surface area contributed by atoms with Gasteiger partial charge < -0.3 is 14.5 Å². The molecule has 24 heavy (non-hydrogen) atoms. The maximum absolute atomic E-state index is 12.3. The van der Waals surface area contributed by atoms with Crippen LogP contribution in [-0.2, 0) is 22.5 Å². The molecule has 1 atom stereocenters. The second kappa shape index (κ2) is 6.67. The third kappa shape index (κ3) is 3.24. The molecule has 4 rings (SSSR count). The number of ether oxygens (including phenoxy) is 1. The van der Waals surface area contributed by atoms with Gasteiger partial charge in [-0.1, -0.05) is 0 Å². The molecule has 1 aromatic heterocycles. The van der Waals surface area contributed by atoms with Gasteiger partial charge in [0, 0.05) is 38.2 Å². The number of amides is 1. The van der Waals surface area contributed by atoms with Crippen molar-refractivity contribution in [2.24, 2.45) is 5.92 Å². The molecule has 0 bridgehead atoms. The molecule has 2 fully saturated rings. The molecule has 1 aliphatic carbocycles. The zero-order valence-electron chi connectivity index (χ0n) is 14.4. The Balaban J connectivity index is 1.47. The largest absolute Gasteiger partial charge is 0.376 e. The molecular weight excluding hydrogens is 304 g/mol. The molecule has 130 valence electrons. The molecule has 3 aliphatic rings. The molecule has 1 saturated carbocycles. The van der Waals surface area contributed by atoms with Crippen LogP contribution in [0.5, 0.6) is 0 Å². The Morgan fingerprint density at radius 2 is 2.21 bits per heavy atom. The first-order valence-electron chi connectivity index (χ1n) is 9.16. The predicted octanol–water partition coefficient (Wildman–Crippen LogP) is 1.78. The Morgan fingerprint density at radius 1 is 1.33 bits per heavy atom. The van der Waals surface area contributed by atoms with E-state index in [1.54, 1.807) is 6.33 Å². The zero-order valence-corrected chi connectivity index (χ0v) is 14.4. The van der Waals surface area contributed by atoms with E-state index in [2.05, 4.69) is 21.9 Å². The average molecular weight is 330 g/mol. The standard InChI is InChI=1S/C18H26N4O2/c1-21(10-14-4-2-3-9-24-14)17-15-7-8-22(18(23)13-5-6-13)11-16(15)19-12-20-17/h12-14H,2-11H2,1H3/t14-/m1/s1. The van der Waals surface area contributed by atoms with Crippen LogP contribution in [0.4, 0.5) is 5.82 Å². The lowest BCUT2D eigenvalue weighted by atomic mass is 10.0. The van der Waals surface area contributed by atoms with Gasteiger partial charge >= 0.3 is 0 Å². The molecule has 1 amide bonds. The van der Waals surface area contributed by atoms with Crippen molar-refractivity contribution in [2.75, 3.05) is 31.6 Å². The van der Waals surface area contributed by atoms with Gasteiger partial charge in [0.2, 0.25) is 5.91 Å². The summed E-state index contributed by atoms with van der Waals surface area (Å²) in [5.74, 6) is 1.59. The van der Waals surface area contributed by atoms with Gasteiger partial charge in [0.15, 0.2) is 0 Å². The van der Waals surface area contributed by atoms with Gasteiger partial charge in [-0.25, -0.2) is 9.97 Å². The van der Waals surface area contributed by atoms with E-state index in [-0.39, 0.29) is 5.92 Å². The van der Waals surface area contributed by atoms with E-state index in [4.69, 9.17) is 4.74 Å². The maximum Gasteiger partial charge on any atom is 0.226 e. The minimum atomic E-state index is 0.277. The van der Waals surface area contributed by atoms with Crippen molar-refractivity contribution in [1.82, 2.24) is 14.9 Å². The van der Waals surface area contributed by atoms with Gasteiger partial charge in [-0.15, -0.1) is 0 Å². The van der Waals surface area contributed by atoms with Crippen LogP contribution in [0, 0.1) is 5.92 Å². The van der Waals surface area contributed by atoms with E-state index in [1.807, 2.05) is 4.90 Å². The minimum absolute atomic E-state index is 0.277. The quantitative estimate of drug-likeness (QED) is 0.842. The van der Waals surface area contributed by atoms with Gasteiger partial charge in [-0.3, -0.25) is 4.79 Å². The lowest BCUT2D eigenvalue weighted by Gasteiger charge is -2.32. The number of fused-ring (bicyclic) bond motifs is 1. The molecule has 0 spiro atoms. The molecule has 0 unspecified atom stereocenters. The van der Waals surface area contributed by atoms with Gasteiger partial charge in [0.25, 0.3) is 0 Å². The minimum Gasteiger partial charge on any atom is -0.376 e. The summed E-state index contributed by atoms with van der Waals surface area (Å²) in [5.41, 5.74) is 2.22. The van der Waals surface area contributed by atoms with Crippen LogP contribution in [0.1, 0.15) is 43.4 Å². The molecule has 1 saturated heterocycles. The summed E-state index contributed by atoms with van der Waals surface area (Å²) >= 11 is 0. The first-order valence-corrected chi connectivity index (χ1v) is 9.16. The van der Waals surface area contributed by atoms with E-state index < -0.39 is 0 Å². The summed E-state index contributed by atoms with van der Waals surface area (Å²) < 4.78 is 5.86. The van der Waals surface area contributed by atoms with E-state index in [0.717, 1.165) is 56.9 Å². The van der Waals surface area contributed by atoms with Gasteiger partial charge in [-0.05, 0) is 38.5 Å². The van der Waals surface area contributed by atoms with Crippen LogP contribution >= 0.6 is 0 Å². The normalized spacial score (nSPS) is 23.7. The predicted molar refractivity (Wildman–Crippen MR) is 90.7 cm³/mol. The van der Waals surface area contributed by atoms with Crippen LogP contribution in [0.3, 0.4) is 0 Å². The van der Waals surface area contributed by atoms with E-state index in [1.165, 1.54) is 18.4 Å². The number of hydrogen-bond acceptors (Lipinski definition) is 5. The van der Waals surface area contributed by atoms with E-state index in [9.17, 15) is 4.79 Å². The van der Waals surface area contributed by atoms with Gasteiger partial charge in [-0.2, -0.15) is 0 Å². The Kier molecular flexibility index (Phi) is 4.39. The van der Waals surface area contributed by atoms with Crippen molar-refractivity contribution in [3.05, 3.63) is 17.6 Å². The summed E-state index contributed by atoms with van der Waals surface area (Å²) in [6, 6.07) is 0. The third-order valence-corrected chi connectivity index (χ3v) is 5.34. The highest BCUT2D eigenvalue weighted by atomic mass is 16.5. The van der Waals surface area contributed by atoms with Crippen LogP contribution in [-0.4, -0.2) is 53.6 Å². The number of aromatic nitrogens is 2. The monoisotopic (exact) mass is 330 g/mol. The Labute approximate surface area is 143 Å². The zero-order chi connectivity index (χ0) is 16.5. The molecule has 0 aromatic carbocycles. The van der Waals surface area contributed by atoms with E-state index in [0.29, 0.717) is 18.6 Å². The molecule has 0 radical (unpaired) electrons. The van der Waals surface area contributed by atoms with Crippen molar-refractivity contribution in [3.8, 4) is 0 Å².